The maximum Gasteiger partial charge on any atom is 0.212 e. The molecule has 3 aromatic rings. The van der Waals surface area contributed by atoms with Gasteiger partial charge in [0.1, 0.15) is 0 Å². The first kappa shape index (κ1) is 18.8. The lowest BCUT2D eigenvalue weighted by Gasteiger charge is -2.04. The summed E-state index contributed by atoms with van der Waals surface area (Å²) in [7, 11) is 0. The Hall–Kier alpha value is -2.99. The van der Waals surface area contributed by atoms with Crippen LogP contribution in [-0.2, 0) is 5.75 Å². The Morgan fingerprint density at radius 1 is 1.11 bits per heavy atom. The number of nitrogens with zero attached hydrogens (tertiary/aromatic N) is 3. The topological polar surface area (TPSA) is 63.6 Å². The highest BCUT2D eigenvalue weighted by Gasteiger charge is 2.02. The predicted molar refractivity (Wildman–Crippen MR) is 111 cm³/mol. The summed E-state index contributed by atoms with van der Waals surface area (Å²) < 4.78 is 13.0. The van der Waals surface area contributed by atoms with Gasteiger partial charge in [-0.3, -0.25) is 0 Å². The lowest BCUT2D eigenvalue weighted by Crippen LogP contribution is -2.06. The summed E-state index contributed by atoms with van der Waals surface area (Å²) in [6.45, 7) is 1.99. The van der Waals surface area contributed by atoms with Crippen LogP contribution in [0.15, 0.2) is 77.1 Å². The Bertz CT molecular complexity index is 954. The fourth-order valence-electron chi connectivity index (χ4n) is 2.51. The van der Waals surface area contributed by atoms with E-state index in [-0.39, 0.29) is 0 Å². The molecule has 0 fully saturated rings. The molecule has 3 rings (SSSR count). The highest BCUT2D eigenvalue weighted by Crippen LogP contribution is 2.21. The van der Waals surface area contributed by atoms with Crippen molar-refractivity contribution in [1.82, 2.24) is 4.98 Å². The summed E-state index contributed by atoms with van der Waals surface area (Å²) in [4.78, 5) is 3.70. The molecule has 0 atom stereocenters. The van der Waals surface area contributed by atoms with E-state index in [1.165, 1.54) is 29.6 Å². The van der Waals surface area contributed by atoms with Gasteiger partial charge in [-0.15, -0.1) is 5.10 Å². The smallest absolute Gasteiger partial charge is 0.212 e. The summed E-state index contributed by atoms with van der Waals surface area (Å²) in [5.41, 5.74) is 10.8. The molecule has 6 heteroatoms. The fraction of sp³-hybridized carbons (Fsp3) is 0.0952. The second kappa shape index (κ2) is 9.09. The van der Waals surface area contributed by atoms with Gasteiger partial charge < -0.3 is 5.73 Å². The number of benzene rings is 2. The minimum atomic E-state index is -0.494. The van der Waals surface area contributed by atoms with Gasteiger partial charge in [0.15, 0.2) is 5.17 Å². The SMILES string of the molecule is Cc1cc(C=NN=C(N)SCc2ccccc2)cc(-c2ccc(F)nc2)c1. The number of rotatable bonds is 5. The Kier molecular flexibility index (Phi) is 6.33. The first-order valence-electron chi connectivity index (χ1n) is 8.37. The first-order chi connectivity index (χ1) is 13.1. The van der Waals surface area contributed by atoms with Crippen molar-refractivity contribution in [3.8, 4) is 11.1 Å². The standard InChI is InChI=1S/C21H19FN4S/c1-15-9-17(11-19(10-15)18-7-8-20(22)24-13-18)12-25-26-21(23)27-14-16-5-3-2-4-6-16/h2-13H,14H2,1H3,(H2,23,26). The van der Waals surface area contributed by atoms with E-state index < -0.39 is 5.95 Å². The minimum absolute atomic E-state index is 0.408. The van der Waals surface area contributed by atoms with E-state index in [4.69, 9.17) is 5.73 Å². The third-order valence-electron chi connectivity index (χ3n) is 3.75. The van der Waals surface area contributed by atoms with Crippen molar-refractivity contribution in [1.29, 1.82) is 0 Å². The molecule has 0 saturated carbocycles. The highest BCUT2D eigenvalue weighted by atomic mass is 32.2. The molecule has 1 aromatic heterocycles. The molecule has 0 spiro atoms. The normalized spacial score (nSPS) is 11.9. The molecule has 136 valence electrons. The minimum Gasteiger partial charge on any atom is -0.377 e. The molecule has 0 aliphatic rings. The molecular weight excluding hydrogens is 359 g/mol. The van der Waals surface area contributed by atoms with Gasteiger partial charge in [0.25, 0.3) is 0 Å². The number of aromatic nitrogens is 1. The van der Waals surface area contributed by atoms with Crippen LogP contribution in [0.5, 0.6) is 0 Å². The molecule has 2 aromatic carbocycles. The molecule has 0 unspecified atom stereocenters. The fourth-order valence-corrected chi connectivity index (χ4v) is 3.13. The molecular formula is C21H19FN4S. The second-order valence-corrected chi connectivity index (χ2v) is 6.95. The Morgan fingerprint density at radius 3 is 2.67 bits per heavy atom. The van der Waals surface area contributed by atoms with Gasteiger partial charge >= 0.3 is 0 Å². The molecule has 0 bridgehead atoms. The molecule has 0 aliphatic heterocycles. The quantitative estimate of drug-likeness (QED) is 0.301. The van der Waals surface area contributed by atoms with Gasteiger partial charge in [0.05, 0.1) is 6.21 Å². The van der Waals surface area contributed by atoms with Gasteiger partial charge in [-0.05, 0) is 47.4 Å². The number of pyridine rings is 1. The van der Waals surface area contributed by atoms with Crippen LogP contribution in [0.2, 0.25) is 0 Å². The zero-order chi connectivity index (χ0) is 19.1. The van der Waals surface area contributed by atoms with Crippen molar-refractivity contribution in [3.05, 3.63) is 89.5 Å². The van der Waals surface area contributed by atoms with E-state index in [2.05, 4.69) is 15.2 Å². The predicted octanol–water partition coefficient (Wildman–Crippen LogP) is 4.78. The summed E-state index contributed by atoms with van der Waals surface area (Å²) in [5, 5.41) is 8.54. The Balaban J connectivity index is 1.68. The van der Waals surface area contributed by atoms with Crippen LogP contribution in [0.4, 0.5) is 4.39 Å². The zero-order valence-electron chi connectivity index (χ0n) is 14.8. The largest absolute Gasteiger partial charge is 0.377 e. The van der Waals surface area contributed by atoms with Crippen LogP contribution in [0.3, 0.4) is 0 Å². The average Bonchev–Trinajstić information content (AvgIpc) is 2.67. The Morgan fingerprint density at radius 2 is 1.93 bits per heavy atom. The van der Waals surface area contributed by atoms with Crippen LogP contribution in [-0.4, -0.2) is 16.4 Å². The van der Waals surface area contributed by atoms with Crippen molar-refractivity contribution < 1.29 is 4.39 Å². The van der Waals surface area contributed by atoms with Gasteiger partial charge in [0.2, 0.25) is 5.95 Å². The third-order valence-corrected chi connectivity index (χ3v) is 4.61. The number of thioether (sulfide) groups is 1. The van der Waals surface area contributed by atoms with E-state index in [9.17, 15) is 4.39 Å². The lowest BCUT2D eigenvalue weighted by molar-refractivity contribution is 0.584. The molecule has 0 radical (unpaired) electrons. The summed E-state index contributed by atoms with van der Waals surface area (Å²) >= 11 is 1.44. The van der Waals surface area contributed by atoms with Gasteiger partial charge in [-0.25, -0.2) is 4.98 Å². The summed E-state index contributed by atoms with van der Waals surface area (Å²) in [5.74, 6) is 0.253. The zero-order valence-corrected chi connectivity index (χ0v) is 15.7. The van der Waals surface area contributed by atoms with Crippen LogP contribution >= 0.6 is 11.8 Å². The maximum atomic E-state index is 13.0. The molecule has 0 aliphatic carbocycles. The maximum absolute atomic E-state index is 13.0. The van der Waals surface area contributed by atoms with Gasteiger partial charge in [-0.1, -0.05) is 54.2 Å². The highest BCUT2D eigenvalue weighted by molar-refractivity contribution is 8.13. The van der Waals surface area contributed by atoms with Crippen LogP contribution in [0.25, 0.3) is 11.1 Å². The van der Waals surface area contributed by atoms with Crippen LogP contribution in [0, 0.1) is 12.9 Å². The molecule has 0 amide bonds. The van der Waals surface area contributed by atoms with Crippen molar-refractivity contribution >= 4 is 23.1 Å². The number of hydrogen-bond donors (Lipinski definition) is 1. The number of aryl methyl sites for hydroxylation is 1. The van der Waals surface area contributed by atoms with Gasteiger partial charge in [0, 0.05) is 17.5 Å². The van der Waals surface area contributed by atoms with Crippen LogP contribution in [0.1, 0.15) is 16.7 Å². The van der Waals surface area contributed by atoms with Crippen molar-refractivity contribution in [2.75, 3.05) is 0 Å². The summed E-state index contributed by atoms with van der Waals surface area (Å²) in [6, 6.07) is 19.1. The Labute approximate surface area is 162 Å². The lowest BCUT2D eigenvalue weighted by atomic mass is 10.0. The van der Waals surface area contributed by atoms with Crippen molar-refractivity contribution in [2.45, 2.75) is 12.7 Å². The molecule has 2 N–H and O–H groups in total. The van der Waals surface area contributed by atoms with E-state index in [1.54, 1.807) is 12.3 Å². The molecule has 0 saturated heterocycles. The van der Waals surface area contributed by atoms with E-state index >= 15 is 0 Å². The van der Waals surface area contributed by atoms with Crippen molar-refractivity contribution in [3.63, 3.8) is 0 Å². The number of halogens is 1. The monoisotopic (exact) mass is 378 g/mol. The number of nitrogens with two attached hydrogens (primary N) is 1. The molecule has 1 heterocycles. The van der Waals surface area contributed by atoms with E-state index in [0.717, 1.165) is 28.0 Å². The van der Waals surface area contributed by atoms with Gasteiger partial charge in [-0.2, -0.15) is 9.49 Å². The van der Waals surface area contributed by atoms with Crippen molar-refractivity contribution in [2.24, 2.45) is 15.9 Å². The second-order valence-electron chi connectivity index (χ2n) is 5.96. The summed E-state index contributed by atoms with van der Waals surface area (Å²) in [6.07, 6.45) is 3.17. The number of amidine groups is 1. The molecule has 4 nitrogen and oxygen atoms in total. The van der Waals surface area contributed by atoms with Crippen LogP contribution < -0.4 is 5.73 Å². The number of hydrogen-bond acceptors (Lipinski definition) is 4. The third kappa shape index (κ3) is 5.76. The van der Waals surface area contributed by atoms with E-state index in [1.807, 2.05) is 55.5 Å². The van der Waals surface area contributed by atoms with E-state index in [0.29, 0.717) is 5.17 Å². The average molecular weight is 378 g/mol. The first-order valence-corrected chi connectivity index (χ1v) is 9.35. The molecule has 27 heavy (non-hydrogen) atoms.